The highest BCUT2D eigenvalue weighted by Crippen LogP contribution is 2.38. The number of hydrogen-bond donors (Lipinski definition) is 2. The number of tetrazole rings is 1. The van der Waals surface area contributed by atoms with Gasteiger partial charge in [0.1, 0.15) is 5.75 Å². The lowest BCUT2D eigenvalue weighted by Gasteiger charge is -2.25. The van der Waals surface area contributed by atoms with E-state index in [-0.39, 0.29) is 35.2 Å². The third kappa shape index (κ3) is 7.87. The molecule has 0 aliphatic carbocycles. The number of carbonyl (C=O) groups excluding carboxylic acids is 2. The second kappa shape index (κ2) is 11.7. The molecule has 9 nitrogen and oxygen atoms in total. The van der Waals surface area contributed by atoms with Gasteiger partial charge in [-0.05, 0) is 64.2 Å². The quantitative estimate of drug-likeness (QED) is 0.229. The molecule has 3 aromatic carbocycles. The van der Waals surface area contributed by atoms with Gasteiger partial charge < -0.3 is 4.74 Å². The first-order valence-corrected chi connectivity index (χ1v) is 12.5. The van der Waals surface area contributed by atoms with Crippen LogP contribution in [0.15, 0.2) is 66.7 Å². The van der Waals surface area contributed by atoms with Crippen LogP contribution in [0.3, 0.4) is 0 Å². The van der Waals surface area contributed by atoms with Gasteiger partial charge in [0, 0.05) is 11.3 Å². The molecule has 0 spiro atoms. The number of carbonyl (C=O) groups is 2. The third-order valence-electron chi connectivity index (χ3n) is 6.16. The number of alkyl halides is 6. The number of nitrogens with zero attached hydrogens (tertiary/aromatic N) is 4. The lowest BCUT2D eigenvalue weighted by Crippen LogP contribution is -2.33. The zero-order chi connectivity index (χ0) is 31.6. The molecule has 0 fully saturated rings. The van der Waals surface area contributed by atoms with Crippen LogP contribution in [-0.2, 0) is 24.3 Å². The SMILES string of the molecule is CC(C)(C)c1ccc(N(Cc2ccc(C(=O)Nc3nn[nH]n3)cc2)C(=O)Oc2cc(C(F)(F)F)cc(C(F)(F)F)c2)cc1. The maximum atomic E-state index is 13.4. The molecule has 0 saturated carbocycles. The van der Waals surface area contributed by atoms with Crippen LogP contribution in [-0.4, -0.2) is 32.6 Å². The molecule has 0 saturated heterocycles. The Hall–Kier alpha value is -4.95. The summed E-state index contributed by atoms with van der Waals surface area (Å²) in [6.45, 7) is 5.70. The molecule has 0 atom stereocenters. The number of nitrogens with one attached hydrogen (secondary N) is 2. The minimum Gasteiger partial charge on any atom is -0.410 e. The van der Waals surface area contributed by atoms with Crippen molar-refractivity contribution in [3.63, 3.8) is 0 Å². The molecule has 0 aliphatic heterocycles. The molecule has 2 N–H and O–H groups in total. The predicted octanol–water partition coefficient (Wildman–Crippen LogP) is 6.99. The topological polar surface area (TPSA) is 113 Å². The number of benzene rings is 3. The van der Waals surface area contributed by atoms with E-state index >= 15 is 0 Å². The first-order valence-electron chi connectivity index (χ1n) is 12.5. The normalized spacial score (nSPS) is 12.1. The Morgan fingerprint density at radius 3 is 1.91 bits per heavy atom. The molecule has 2 amide bonds. The van der Waals surface area contributed by atoms with Gasteiger partial charge in [-0.3, -0.25) is 15.0 Å². The maximum absolute atomic E-state index is 13.4. The zero-order valence-electron chi connectivity index (χ0n) is 22.8. The second-order valence-corrected chi connectivity index (χ2v) is 10.4. The smallest absolute Gasteiger partial charge is 0.410 e. The number of ether oxygens (including phenoxy) is 1. The van der Waals surface area contributed by atoms with Gasteiger partial charge in [-0.2, -0.15) is 31.6 Å². The molecule has 15 heteroatoms. The highest BCUT2D eigenvalue weighted by molar-refractivity contribution is 6.03. The van der Waals surface area contributed by atoms with Crippen molar-refractivity contribution in [3.05, 3.63) is 94.5 Å². The Morgan fingerprint density at radius 2 is 1.42 bits per heavy atom. The van der Waals surface area contributed by atoms with Crippen molar-refractivity contribution in [2.75, 3.05) is 10.2 Å². The average molecular weight is 607 g/mol. The summed E-state index contributed by atoms with van der Waals surface area (Å²) < 4.78 is 85.2. The number of anilines is 2. The van der Waals surface area contributed by atoms with Crippen molar-refractivity contribution in [2.45, 2.75) is 45.1 Å². The molecule has 4 rings (SSSR count). The van der Waals surface area contributed by atoms with Gasteiger partial charge in [0.05, 0.1) is 17.7 Å². The summed E-state index contributed by atoms with van der Waals surface area (Å²) in [6, 6.07) is 13.2. The van der Waals surface area contributed by atoms with Crippen molar-refractivity contribution in [1.82, 2.24) is 20.6 Å². The van der Waals surface area contributed by atoms with Crippen LogP contribution in [0.1, 0.15) is 53.4 Å². The molecule has 43 heavy (non-hydrogen) atoms. The largest absolute Gasteiger partial charge is 0.420 e. The molecule has 0 radical (unpaired) electrons. The van der Waals surface area contributed by atoms with Crippen molar-refractivity contribution in [3.8, 4) is 5.75 Å². The summed E-state index contributed by atoms with van der Waals surface area (Å²) in [5, 5.41) is 15.2. The molecule has 0 unspecified atom stereocenters. The van der Waals surface area contributed by atoms with E-state index < -0.39 is 41.2 Å². The molecular weight excluding hydrogens is 582 g/mol. The molecule has 226 valence electrons. The Morgan fingerprint density at radius 1 is 0.837 bits per heavy atom. The zero-order valence-corrected chi connectivity index (χ0v) is 22.8. The van der Waals surface area contributed by atoms with E-state index in [1.807, 2.05) is 20.8 Å². The van der Waals surface area contributed by atoms with E-state index in [4.69, 9.17) is 4.74 Å². The minimum atomic E-state index is -5.12. The predicted molar refractivity (Wildman–Crippen MR) is 142 cm³/mol. The Bertz CT molecular complexity index is 1550. The fraction of sp³-hybridized carbons (Fsp3) is 0.250. The van der Waals surface area contributed by atoms with Crippen molar-refractivity contribution in [1.29, 1.82) is 0 Å². The highest BCUT2D eigenvalue weighted by Gasteiger charge is 2.37. The van der Waals surface area contributed by atoms with Crippen LogP contribution in [0, 0.1) is 0 Å². The average Bonchev–Trinajstić information content (AvgIpc) is 3.43. The standard InChI is InChI=1S/C28H24F6N6O3/c1-26(2,3)18-8-10-21(11-9-18)40(15-16-4-6-17(7-5-16)23(41)35-24-36-38-39-37-24)25(42)43-22-13-19(27(29,30)31)12-20(14-22)28(32,33)34/h4-14H,15H2,1-3H3,(H2,35,36,37,38,39,41). The highest BCUT2D eigenvalue weighted by atomic mass is 19.4. The summed E-state index contributed by atoms with van der Waals surface area (Å²) in [7, 11) is 0. The van der Waals surface area contributed by atoms with Gasteiger partial charge in [0.15, 0.2) is 0 Å². The fourth-order valence-electron chi connectivity index (χ4n) is 3.88. The van der Waals surface area contributed by atoms with Crippen LogP contribution in [0.4, 0.5) is 42.8 Å². The van der Waals surface area contributed by atoms with E-state index in [1.54, 1.807) is 24.3 Å². The Kier molecular flexibility index (Phi) is 8.46. The lowest BCUT2D eigenvalue weighted by atomic mass is 9.87. The van der Waals surface area contributed by atoms with Crippen LogP contribution < -0.4 is 15.0 Å². The summed E-state index contributed by atoms with van der Waals surface area (Å²) in [5.41, 5.74) is -1.64. The summed E-state index contributed by atoms with van der Waals surface area (Å²) in [5.74, 6) is -1.53. The minimum absolute atomic E-state index is 0.0510. The third-order valence-corrected chi connectivity index (χ3v) is 6.16. The van der Waals surface area contributed by atoms with Gasteiger partial charge in [0.25, 0.3) is 11.9 Å². The summed E-state index contributed by atoms with van der Waals surface area (Å²) in [4.78, 5) is 26.8. The summed E-state index contributed by atoms with van der Waals surface area (Å²) in [6.07, 6.45) is -11.5. The Labute approximate surface area is 240 Å². The van der Waals surface area contributed by atoms with Crippen LogP contribution in [0.2, 0.25) is 0 Å². The molecule has 0 bridgehead atoms. The number of aromatic amines is 1. The van der Waals surface area contributed by atoms with Crippen LogP contribution in [0.5, 0.6) is 5.75 Å². The number of halogens is 6. The maximum Gasteiger partial charge on any atom is 0.420 e. The number of amides is 2. The number of rotatable bonds is 6. The number of H-pyrrole nitrogens is 1. The van der Waals surface area contributed by atoms with Gasteiger partial charge in [0.2, 0.25) is 0 Å². The first-order chi connectivity index (χ1) is 20.0. The molecule has 1 aromatic heterocycles. The van der Waals surface area contributed by atoms with E-state index in [1.165, 1.54) is 24.3 Å². The van der Waals surface area contributed by atoms with Gasteiger partial charge in [-0.1, -0.05) is 50.1 Å². The summed E-state index contributed by atoms with van der Waals surface area (Å²) >= 11 is 0. The van der Waals surface area contributed by atoms with Crippen molar-refractivity contribution in [2.24, 2.45) is 0 Å². The second-order valence-electron chi connectivity index (χ2n) is 10.4. The van der Waals surface area contributed by atoms with Crippen molar-refractivity contribution < 1.29 is 40.7 Å². The lowest BCUT2D eigenvalue weighted by molar-refractivity contribution is -0.143. The number of hydrogen-bond acceptors (Lipinski definition) is 6. The van der Waals surface area contributed by atoms with E-state index in [2.05, 4.69) is 25.9 Å². The van der Waals surface area contributed by atoms with E-state index in [0.29, 0.717) is 17.7 Å². The number of aromatic nitrogens is 4. The Balaban J connectivity index is 1.64. The van der Waals surface area contributed by atoms with Gasteiger partial charge in [-0.25, -0.2) is 4.79 Å². The van der Waals surface area contributed by atoms with E-state index in [9.17, 15) is 35.9 Å². The van der Waals surface area contributed by atoms with Gasteiger partial charge >= 0.3 is 18.4 Å². The monoisotopic (exact) mass is 606 g/mol. The first kappa shape index (κ1) is 31.0. The molecular formula is C28H24F6N6O3. The van der Waals surface area contributed by atoms with Gasteiger partial charge in [-0.15, -0.1) is 5.10 Å². The molecule has 1 heterocycles. The molecule has 4 aromatic rings. The van der Waals surface area contributed by atoms with Crippen LogP contribution in [0.25, 0.3) is 0 Å². The van der Waals surface area contributed by atoms with Crippen molar-refractivity contribution >= 4 is 23.6 Å². The fourth-order valence-corrected chi connectivity index (χ4v) is 3.88. The van der Waals surface area contributed by atoms with E-state index in [0.717, 1.165) is 10.5 Å². The van der Waals surface area contributed by atoms with Crippen LogP contribution >= 0.6 is 0 Å². The molecule has 0 aliphatic rings.